The van der Waals surface area contributed by atoms with Crippen molar-refractivity contribution in [2.24, 2.45) is 5.84 Å². The van der Waals surface area contributed by atoms with Gasteiger partial charge in [0.15, 0.2) is 0 Å². The van der Waals surface area contributed by atoms with Gasteiger partial charge in [-0.1, -0.05) is 35.3 Å². The predicted molar refractivity (Wildman–Crippen MR) is 79.7 cm³/mol. The average Bonchev–Trinajstić information content (AvgIpc) is 2.39. The van der Waals surface area contributed by atoms with Crippen LogP contribution in [0.5, 0.6) is 0 Å². The van der Waals surface area contributed by atoms with Gasteiger partial charge in [0, 0.05) is 15.6 Å². The summed E-state index contributed by atoms with van der Waals surface area (Å²) in [4.78, 5) is 0. The fourth-order valence-corrected chi connectivity index (χ4v) is 2.62. The van der Waals surface area contributed by atoms with Crippen LogP contribution in [0.3, 0.4) is 0 Å². The Morgan fingerprint density at radius 1 is 1.16 bits per heavy atom. The molecule has 0 aromatic heterocycles. The van der Waals surface area contributed by atoms with Gasteiger partial charge in [0.1, 0.15) is 5.82 Å². The van der Waals surface area contributed by atoms with Gasteiger partial charge in [-0.25, -0.2) is 9.82 Å². The van der Waals surface area contributed by atoms with E-state index in [0.29, 0.717) is 25.6 Å². The number of rotatable bonds is 3. The van der Waals surface area contributed by atoms with Crippen molar-refractivity contribution in [3.05, 3.63) is 67.9 Å². The molecule has 1 atom stereocenters. The number of hydrogen-bond acceptors (Lipinski definition) is 2. The van der Waals surface area contributed by atoms with Crippen molar-refractivity contribution in [2.75, 3.05) is 0 Å². The second kappa shape index (κ2) is 6.20. The van der Waals surface area contributed by atoms with Crippen molar-refractivity contribution >= 4 is 39.1 Å². The summed E-state index contributed by atoms with van der Waals surface area (Å²) in [5, 5.41) is 0.974. The molecule has 0 saturated heterocycles. The highest BCUT2D eigenvalue weighted by Crippen LogP contribution is 2.33. The van der Waals surface area contributed by atoms with Gasteiger partial charge in [-0.2, -0.15) is 0 Å². The summed E-state index contributed by atoms with van der Waals surface area (Å²) in [6, 6.07) is 9.38. The van der Waals surface area contributed by atoms with E-state index in [2.05, 4.69) is 21.4 Å². The Morgan fingerprint density at radius 2 is 1.89 bits per heavy atom. The molecule has 2 aromatic carbocycles. The zero-order chi connectivity index (χ0) is 14.0. The van der Waals surface area contributed by atoms with E-state index < -0.39 is 6.04 Å². The second-order valence-electron chi connectivity index (χ2n) is 3.91. The molecule has 0 amide bonds. The standard InChI is InChI=1S/C13H10BrCl2FN2/c14-10-3-1-2-8(12(10)17)13(19-18)9-6-7(15)4-5-11(9)16/h1-6,13,19H,18H2. The van der Waals surface area contributed by atoms with Gasteiger partial charge in [-0.05, 0) is 45.8 Å². The summed E-state index contributed by atoms with van der Waals surface area (Å²) in [5.74, 6) is 5.15. The summed E-state index contributed by atoms with van der Waals surface area (Å²) >= 11 is 15.2. The molecule has 0 aliphatic heterocycles. The molecule has 100 valence electrons. The van der Waals surface area contributed by atoms with Gasteiger partial charge in [0.2, 0.25) is 0 Å². The molecule has 0 saturated carbocycles. The van der Waals surface area contributed by atoms with Crippen LogP contribution in [0.15, 0.2) is 40.9 Å². The van der Waals surface area contributed by atoms with Gasteiger partial charge in [-0.3, -0.25) is 5.84 Å². The minimum Gasteiger partial charge on any atom is -0.271 e. The van der Waals surface area contributed by atoms with Crippen LogP contribution in [0.4, 0.5) is 4.39 Å². The molecule has 2 aromatic rings. The third-order valence-electron chi connectivity index (χ3n) is 2.73. The number of halogens is 4. The van der Waals surface area contributed by atoms with Crippen LogP contribution in [0.25, 0.3) is 0 Å². The quantitative estimate of drug-likeness (QED) is 0.624. The topological polar surface area (TPSA) is 38.0 Å². The Kier molecular flexibility index (Phi) is 4.81. The van der Waals surface area contributed by atoms with Crippen LogP contribution in [-0.4, -0.2) is 0 Å². The first-order valence-corrected chi connectivity index (χ1v) is 6.94. The molecule has 19 heavy (non-hydrogen) atoms. The summed E-state index contributed by atoms with van der Waals surface area (Å²) in [5.41, 5.74) is 3.58. The maximum Gasteiger partial charge on any atom is 0.142 e. The number of nitrogens with two attached hydrogens (primary N) is 1. The van der Waals surface area contributed by atoms with E-state index in [1.165, 1.54) is 0 Å². The van der Waals surface area contributed by atoms with Crippen molar-refractivity contribution in [3.8, 4) is 0 Å². The van der Waals surface area contributed by atoms with Gasteiger partial charge in [0.05, 0.1) is 10.5 Å². The Morgan fingerprint density at radius 3 is 2.58 bits per heavy atom. The second-order valence-corrected chi connectivity index (χ2v) is 5.61. The van der Waals surface area contributed by atoms with E-state index in [-0.39, 0.29) is 5.82 Å². The maximum atomic E-state index is 14.1. The third kappa shape index (κ3) is 3.09. The van der Waals surface area contributed by atoms with Crippen molar-refractivity contribution in [1.82, 2.24) is 5.43 Å². The highest BCUT2D eigenvalue weighted by Gasteiger charge is 2.20. The van der Waals surface area contributed by atoms with Gasteiger partial charge >= 0.3 is 0 Å². The molecule has 3 N–H and O–H groups in total. The monoisotopic (exact) mass is 362 g/mol. The zero-order valence-electron chi connectivity index (χ0n) is 9.63. The first-order chi connectivity index (χ1) is 9.04. The van der Waals surface area contributed by atoms with E-state index in [4.69, 9.17) is 29.0 Å². The highest BCUT2D eigenvalue weighted by atomic mass is 79.9. The Labute approximate surface area is 128 Å². The van der Waals surface area contributed by atoms with Crippen molar-refractivity contribution in [2.45, 2.75) is 6.04 Å². The van der Waals surface area contributed by atoms with E-state index >= 15 is 0 Å². The lowest BCUT2D eigenvalue weighted by Gasteiger charge is -2.19. The predicted octanol–water partition coefficient (Wildman–Crippen LogP) is 4.45. The summed E-state index contributed by atoms with van der Waals surface area (Å²) < 4.78 is 14.5. The Bertz CT molecular complexity index is 605. The van der Waals surface area contributed by atoms with E-state index in [0.717, 1.165) is 0 Å². The largest absolute Gasteiger partial charge is 0.271 e. The van der Waals surface area contributed by atoms with Crippen molar-refractivity contribution in [3.63, 3.8) is 0 Å². The summed E-state index contributed by atoms with van der Waals surface area (Å²) in [7, 11) is 0. The molecular weight excluding hydrogens is 354 g/mol. The minimum atomic E-state index is -0.580. The number of nitrogens with one attached hydrogen (secondary N) is 1. The fourth-order valence-electron chi connectivity index (χ4n) is 1.83. The lowest BCUT2D eigenvalue weighted by atomic mass is 9.99. The molecule has 1 unspecified atom stereocenters. The molecular formula is C13H10BrCl2FN2. The van der Waals surface area contributed by atoms with Crippen molar-refractivity contribution in [1.29, 1.82) is 0 Å². The highest BCUT2D eigenvalue weighted by molar-refractivity contribution is 9.10. The molecule has 0 fully saturated rings. The van der Waals surface area contributed by atoms with Gasteiger partial charge < -0.3 is 0 Å². The van der Waals surface area contributed by atoms with Gasteiger partial charge in [-0.15, -0.1) is 0 Å². The molecule has 2 nitrogen and oxygen atoms in total. The third-order valence-corrected chi connectivity index (χ3v) is 3.92. The molecule has 0 radical (unpaired) electrons. The van der Waals surface area contributed by atoms with Crippen LogP contribution in [-0.2, 0) is 0 Å². The lowest BCUT2D eigenvalue weighted by Crippen LogP contribution is -2.29. The van der Waals surface area contributed by atoms with Crippen LogP contribution in [0, 0.1) is 5.82 Å². The van der Waals surface area contributed by atoms with Gasteiger partial charge in [0.25, 0.3) is 0 Å². The minimum absolute atomic E-state index is 0.364. The summed E-state index contributed by atoms with van der Waals surface area (Å²) in [6.45, 7) is 0. The first kappa shape index (κ1) is 14.8. The number of benzene rings is 2. The van der Waals surface area contributed by atoms with Crippen LogP contribution >= 0.6 is 39.1 Å². The molecule has 0 aliphatic rings. The lowest BCUT2D eigenvalue weighted by molar-refractivity contribution is 0.556. The van der Waals surface area contributed by atoms with E-state index in [1.54, 1.807) is 36.4 Å². The Balaban J connectivity index is 2.56. The van der Waals surface area contributed by atoms with Crippen LogP contribution < -0.4 is 11.3 Å². The normalized spacial score (nSPS) is 12.5. The molecule has 0 bridgehead atoms. The first-order valence-electron chi connectivity index (χ1n) is 5.39. The fraction of sp³-hybridized carbons (Fsp3) is 0.0769. The smallest absolute Gasteiger partial charge is 0.142 e. The van der Waals surface area contributed by atoms with Crippen molar-refractivity contribution < 1.29 is 4.39 Å². The van der Waals surface area contributed by atoms with Crippen LogP contribution in [0.2, 0.25) is 10.0 Å². The van der Waals surface area contributed by atoms with E-state index in [1.807, 2.05) is 0 Å². The number of hydrogen-bond donors (Lipinski definition) is 2. The number of hydrazine groups is 1. The zero-order valence-corrected chi connectivity index (χ0v) is 12.7. The molecule has 0 aliphatic carbocycles. The molecule has 0 spiro atoms. The molecule has 2 rings (SSSR count). The summed E-state index contributed by atoms with van der Waals surface area (Å²) in [6.07, 6.45) is 0. The van der Waals surface area contributed by atoms with Crippen LogP contribution in [0.1, 0.15) is 17.2 Å². The molecule has 0 heterocycles. The maximum absolute atomic E-state index is 14.1. The SMILES string of the molecule is NNC(c1cc(Cl)ccc1Cl)c1cccc(Br)c1F. The van der Waals surface area contributed by atoms with E-state index in [9.17, 15) is 4.39 Å². The average molecular weight is 364 g/mol. The Hall–Kier alpha value is -0.650. The molecule has 6 heteroatoms.